The van der Waals surface area contributed by atoms with Gasteiger partial charge in [0.05, 0.1) is 24.2 Å². The quantitative estimate of drug-likeness (QED) is 0.890. The minimum Gasteiger partial charge on any atom is -0.394 e. The van der Waals surface area contributed by atoms with Crippen LogP contribution in [0, 0.1) is 0 Å². The molecule has 1 aromatic carbocycles. The van der Waals surface area contributed by atoms with Gasteiger partial charge in [-0.2, -0.15) is 4.31 Å². The van der Waals surface area contributed by atoms with Crippen molar-refractivity contribution in [1.29, 1.82) is 0 Å². The van der Waals surface area contributed by atoms with Crippen LogP contribution in [-0.4, -0.2) is 49.7 Å². The molecule has 0 amide bonds. The zero-order chi connectivity index (χ0) is 14.0. The van der Waals surface area contributed by atoms with Crippen molar-refractivity contribution in [2.75, 3.05) is 19.8 Å². The molecule has 0 aromatic heterocycles. The van der Waals surface area contributed by atoms with Crippen molar-refractivity contribution in [2.45, 2.75) is 24.0 Å². The summed E-state index contributed by atoms with van der Waals surface area (Å²) in [7, 11) is -3.55. The molecule has 106 valence electrons. The van der Waals surface area contributed by atoms with E-state index in [4.69, 9.17) is 9.84 Å². The fraction of sp³-hybridized carbons (Fsp3) is 0.500. The first-order valence-electron chi connectivity index (χ1n) is 5.95. The summed E-state index contributed by atoms with van der Waals surface area (Å²) in [5.41, 5.74) is 0. The number of hydrogen-bond acceptors (Lipinski definition) is 4. The molecule has 0 radical (unpaired) electrons. The molecule has 1 aliphatic heterocycles. The predicted octanol–water partition coefficient (Wildman–Crippen LogP) is 1.22. The molecule has 0 aliphatic carbocycles. The summed E-state index contributed by atoms with van der Waals surface area (Å²) in [6, 6.07) is 6.28. The van der Waals surface area contributed by atoms with Crippen molar-refractivity contribution in [3.05, 3.63) is 28.7 Å². The molecule has 1 aliphatic rings. The second-order valence-corrected chi connectivity index (χ2v) is 7.32. The van der Waals surface area contributed by atoms with Gasteiger partial charge in [-0.3, -0.25) is 0 Å². The summed E-state index contributed by atoms with van der Waals surface area (Å²) in [5, 5.41) is 9.12. The first-order chi connectivity index (χ1) is 8.95. The van der Waals surface area contributed by atoms with E-state index in [9.17, 15) is 8.42 Å². The lowest BCUT2D eigenvalue weighted by Gasteiger charge is -2.36. The minimum atomic E-state index is -3.55. The highest BCUT2D eigenvalue weighted by atomic mass is 79.9. The molecule has 2 unspecified atom stereocenters. The van der Waals surface area contributed by atoms with Gasteiger partial charge in [-0.05, 0) is 31.2 Å². The number of halogens is 1. The van der Waals surface area contributed by atoms with Gasteiger partial charge < -0.3 is 9.84 Å². The molecular weight excluding hydrogens is 334 g/mol. The minimum absolute atomic E-state index is 0.177. The highest BCUT2D eigenvalue weighted by molar-refractivity contribution is 9.10. The van der Waals surface area contributed by atoms with Crippen molar-refractivity contribution in [3.63, 3.8) is 0 Å². The fourth-order valence-corrected chi connectivity index (χ4v) is 3.89. The molecule has 19 heavy (non-hydrogen) atoms. The maximum absolute atomic E-state index is 12.5. The number of aliphatic hydroxyl groups is 1. The first kappa shape index (κ1) is 14.9. The summed E-state index contributed by atoms with van der Waals surface area (Å²) in [5.74, 6) is 0. The average molecular weight is 350 g/mol. The highest BCUT2D eigenvalue weighted by Gasteiger charge is 2.35. The molecule has 5 nitrogen and oxygen atoms in total. The fourth-order valence-electron chi connectivity index (χ4n) is 1.98. The zero-order valence-corrected chi connectivity index (χ0v) is 12.9. The molecule has 1 heterocycles. The molecule has 7 heteroatoms. The number of ether oxygens (including phenoxy) is 1. The molecule has 1 saturated heterocycles. The molecule has 2 atom stereocenters. The molecule has 1 aromatic rings. The van der Waals surface area contributed by atoms with Crippen LogP contribution in [0.25, 0.3) is 0 Å². The van der Waals surface area contributed by atoms with E-state index in [2.05, 4.69) is 15.9 Å². The van der Waals surface area contributed by atoms with Crippen LogP contribution in [0.3, 0.4) is 0 Å². The van der Waals surface area contributed by atoms with E-state index in [1.807, 2.05) is 0 Å². The monoisotopic (exact) mass is 349 g/mol. The van der Waals surface area contributed by atoms with Crippen molar-refractivity contribution >= 4 is 26.0 Å². The van der Waals surface area contributed by atoms with Gasteiger partial charge in [-0.25, -0.2) is 8.42 Å². The van der Waals surface area contributed by atoms with Crippen LogP contribution in [-0.2, 0) is 14.8 Å². The standard InChI is InChI=1S/C12H16BrNO4S/c1-9-8-18-11(7-15)6-14(9)19(16,17)12-4-2-10(13)3-5-12/h2-5,9,11,15H,6-8H2,1H3. The second kappa shape index (κ2) is 5.88. The van der Waals surface area contributed by atoms with Gasteiger partial charge in [0.2, 0.25) is 10.0 Å². The van der Waals surface area contributed by atoms with Crippen molar-refractivity contribution in [3.8, 4) is 0 Å². The van der Waals surface area contributed by atoms with E-state index in [0.717, 1.165) is 4.47 Å². The SMILES string of the molecule is CC1COC(CO)CN1S(=O)(=O)c1ccc(Br)cc1. The Morgan fingerprint density at radius 1 is 1.42 bits per heavy atom. The zero-order valence-electron chi connectivity index (χ0n) is 10.5. The molecular formula is C12H16BrNO4S. The summed E-state index contributed by atoms with van der Waals surface area (Å²) >= 11 is 3.28. The summed E-state index contributed by atoms with van der Waals surface area (Å²) < 4.78 is 32.7. The number of morpholine rings is 1. The number of aliphatic hydroxyl groups excluding tert-OH is 1. The Hall–Kier alpha value is -0.470. The Kier molecular flexibility index (Phi) is 4.62. The van der Waals surface area contributed by atoms with E-state index in [0.29, 0.717) is 6.61 Å². The van der Waals surface area contributed by atoms with Crippen LogP contribution in [0.15, 0.2) is 33.6 Å². The lowest BCUT2D eigenvalue weighted by molar-refractivity contribution is -0.0516. The number of rotatable bonds is 3. The summed E-state index contributed by atoms with van der Waals surface area (Å²) in [6.07, 6.45) is -0.457. The van der Waals surface area contributed by atoms with Crippen molar-refractivity contribution < 1.29 is 18.3 Å². The van der Waals surface area contributed by atoms with Crippen LogP contribution >= 0.6 is 15.9 Å². The first-order valence-corrected chi connectivity index (χ1v) is 8.18. The van der Waals surface area contributed by atoms with Gasteiger partial charge in [0.1, 0.15) is 0 Å². The third-order valence-electron chi connectivity index (χ3n) is 3.07. The molecule has 0 bridgehead atoms. The Morgan fingerprint density at radius 2 is 2.05 bits per heavy atom. The topological polar surface area (TPSA) is 66.8 Å². The van der Waals surface area contributed by atoms with Crippen LogP contribution in [0.5, 0.6) is 0 Å². The molecule has 1 fully saturated rings. The molecule has 2 rings (SSSR count). The Bertz CT molecular complexity index is 531. The van der Waals surface area contributed by atoms with Gasteiger partial charge in [0, 0.05) is 17.1 Å². The number of hydrogen-bond donors (Lipinski definition) is 1. The normalized spacial score (nSPS) is 25.4. The lowest BCUT2D eigenvalue weighted by Crippen LogP contribution is -2.51. The maximum Gasteiger partial charge on any atom is 0.243 e. The summed E-state index contributed by atoms with van der Waals surface area (Å²) in [6.45, 7) is 2.08. The van der Waals surface area contributed by atoms with Crippen LogP contribution in [0.1, 0.15) is 6.92 Å². The van der Waals surface area contributed by atoms with Gasteiger partial charge in [0.15, 0.2) is 0 Å². The number of sulfonamides is 1. The Balaban J connectivity index is 2.29. The van der Waals surface area contributed by atoms with Crippen molar-refractivity contribution in [1.82, 2.24) is 4.31 Å². The molecule has 0 spiro atoms. The lowest BCUT2D eigenvalue weighted by atomic mass is 10.2. The Labute approximate surface area is 121 Å². The second-order valence-electron chi connectivity index (χ2n) is 4.52. The van der Waals surface area contributed by atoms with Gasteiger partial charge >= 0.3 is 0 Å². The van der Waals surface area contributed by atoms with Gasteiger partial charge in [-0.15, -0.1) is 0 Å². The third kappa shape index (κ3) is 3.17. The molecule has 0 saturated carbocycles. The molecule has 1 N–H and O–H groups in total. The largest absolute Gasteiger partial charge is 0.394 e. The van der Waals surface area contributed by atoms with Crippen LogP contribution in [0.4, 0.5) is 0 Å². The third-order valence-corrected chi connectivity index (χ3v) is 5.60. The van der Waals surface area contributed by atoms with Gasteiger partial charge in [0.25, 0.3) is 0 Å². The predicted molar refractivity (Wildman–Crippen MR) is 74.3 cm³/mol. The van der Waals surface area contributed by atoms with Crippen LogP contribution < -0.4 is 0 Å². The van der Waals surface area contributed by atoms with E-state index < -0.39 is 16.1 Å². The number of nitrogens with zero attached hydrogens (tertiary/aromatic N) is 1. The smallest absolute Gasteiger partial charge is 0.243 e. The average Bonchev–Trinajstić information content (AvgIpc) is 2.39. The number of benzene rings is 1. The van der Waals surface area contributed by atoms with E-state index in [1.165, 1.54) is 4.31 Å². The van der Waals surface area contributed by atoms with Gasteiger partial charge in [-0.1, -0.05) is 15.9 Å². The van der Waals surface area contributed by atoms with E-state index >= 15 is 0 Å². The van der Waals surface area contributed by atoms with Crippen molar-refractivity contribution in [2.24, 2.45) is 0 Å². The van der Waals surface area contributed by atoms with E-state index in [-0.39, 0.29) is 24.1 Å². The summed E-state index contributed by atoms with van der Waals surface area (Å²) in [4.78, 5) is 0.251. The maximum atomic E-state index is 12.5. The van der Waals surface area contributed by atoms with Crippen LogP contribution in [0.2, 0.25) is 0 Å². The highest BCUT2D eigenvalue weighted by Crippen LogP contribution is 2.23. The van der Waals surface area contributed by atoms with E-state index in [1.54, 1.807) is 31.2 Å². The Morgan fingerprint density at radius 3 is 2.63 bits per heavy atom.